The van der Waals surface area contributed by atoms with Crippen LogP contribution in [0.4, 0.5) is 5.82 Å². The standard InChI is InChI=1S/C11H17N3OS/c1-16-11-12-5-4-10(13-11)14-6-2-3-9(7-14)8-15/h4-5,9,15H,2-3,6-8H2,1H3/t9-/m0/s1. The fraction of sp³-hybridized carbons (Fsp3) is 0.636. The molecule has 2 heterocycles. The summed E-state index contributed by atoms with van der Waals surface area (Å²) in [5, 5.41) is 10.0. The maximum atomic E-state index is 9.19. The van der Waals surface area contributed by atoms with E-state index in [1.54, 1.807) is 18.0 Å². The largest absolute Gasteiger partial charge is 0.396 e. The van der Waals surface area contributed by atoms with Crippen LogP contribution in [0.25, 0.3) is 0 Å². The maximum absolute atomic E-state index is 9.19. The van der Waals surface area contributed by atoms with Crippen LogP contribution < -0.4 is 4.90 Å². The smallest absolute Gasteiger partial charge is 0.189 e. The Morgan fingerprint density at radius 2 is 2.50 bits per heavy atom. The summed E-state index contributed by atoms with van der Waals surface area (Å²) in [5.41, 5.74) is 0. The van der Waals surface area contributed by atoms with Gasteiger partial charge in [0.15, 0.2) is 5.16 Å². The van der Waals surface area contributed by atoms with Gasteiger partial charge in [-0.15, -0.1) is 0 Å². The Hall–Kier alpha value is -0.810. The molecule has 0 saturated carbocycles. The summed E-state index contributed by atoms with van der Waals surface area (Å²) in [5.74, 6) is 1.37. The zero-order chi connectivity index (χ0) is 11.4. The Bertz CT molecular complexity index is 348. The quantitative estimate of drug-likeness (QED) is 0.638. The van der Waals surface area contributed by atoms with E-state index in [0.29, 0.717) is 5.92 Å². The predicted molar refractivity (Wildman–Crippen MR) is 65.8 cm³/mol. The van der Waals surface area contributed by atoms with Gasteiger partial charge in [0, 0.05) is 25.9 Å². The zero-order valence-electron chi connectivity index (χ0n) is 9.46. The SMILES string of the molecule is CSc1nccc(N2CCC[C@H](CO)C2)n1. The van der Waals surface area contributed by atoms with Crippen molar-refractivity contribution in [2.75, 3.05) is 30.9 Å². The molecule has 1 aromatic heterocycles. The number of aromatic nitrogens is 2. The maximum Gasteiger partial charge on any atom is 0.189 e. The highest BCUT2D eigenvalue weighted by atomic mass is 32.2. The van der Waals surface area contributed by atoms with E-state index in [0.717, 1.165) is 36.9 Å². The summed E-state index contributed by atoms with van der Waals surface area (Å²) in [6.07, 6.45) is 6.03. The second-order valence-electron chi connectivity index (χ2n) is 4.04. The first kappa shape index (κ1) is 11.7. The number of aliphatic hydroxyl groups is 1. The monoisotopic (exact) mass is 239 g/mol. The molecule has 1 aliphatic rings. The van der Waals surface area contributed by atoms with Gasteiger partial charge in [0.05, 0.1) is 0 Å². The molecule has 0 aromatic carbocycles. The molecule has 0 unspecified atom stereocenters. The first-order chi connectivity index (χ1) is 7.83. The molecule has 1 N–H and O–H groups in total. The zero-order valence-corrected chi connectivity index (χ0v) is 10.3. The van der Waals surface area contributed by atoms with Gasteiger partial charge in [-0.3, -0.25) is 0 Å². The van der Waals surface area contributed by atoms with Crippen molar-refractivity contribution in [1.29, 1.82) is 0 Å². The van der Waals surface area contributed by atoms with Crippen LogP contribution in [0.3, 0.4) is 0 Å². The van der Waals surface area contributed by atoms with Gasteiger partial charge in [-0.25, -0.2) is 9.97 Å². The highest BCUT2D eigenvalue weighted by molar-refractivity contribution is 7.98. The van der Waals surface area contributed by atoms with Gasteiger partial charge in [-0.2, -0.15) is 0 Å². The molecule has 1 fully saturated rings. The van der Waals surface area contributed by atoms with E-state index in [9.17, 15) is 5.11 Å². The Kier molecular flexibility index (Phi) is 4.01. The minimum atomic E-state index is 0.275. The fourth-order valence-electron chi connectivity index (χ4n) is 2.03. The van der Waals surface area contributed by atoms with Crippen LogP contribution >= 0.6 is 11.8 Å². The minimum absolute atomic E-state index is 0.275. The first-order valence-electron chi connectivity index (χ1n) is 5.56. The molecule has 0 bridgehead atoms. The van der Waals surface area contributed by atoms with Gasteiger partial charge in [-0.05, 0) is 31.1 Å². The lowest BCUT2D eigenvalue weighted by Gasteiger charge is -2.32. The lowest BCUT2D eigenvalue weighted by molar-refractivity contribution is 0.208. The first-order valence-corrected chi connectivity index (χ1v) is 6.79. The number of piperidine rings is 1. The van der Waals surface area contributed by atoms with E-state index in [4.69, 9.17) is 0 Å². The summed E-state index contributed by atoms with van der Waals surface area (Å²) in [7, 11) is 0. The molecular formula is C11H17N3OS. The van der Waals surface area contributed by atoms with Crippen molar-refractivity contribution >= 4 is 17.6 Å². The highest BCUT2D eigenvalue weighted by Crippen LogP contribution is 2.22. The third-order valence-corrected chi connectivity index (χ3v) is 3.46. The Balaban J connectivity index is 2.10. The summed E-state index contributed by atoms with van der Waals surface area (Å²) in [6, 6.07) is 1.94. The number of anilines is 1. The van der Waals surface area contributed by atoms with E-state index >= 15 is 0 Å². The van der Waals surface area contributed by atoms with Crippen LogP contribution in [-0.2, 0) is 0 Å². The Labute approximate surface area is 100 Å². The van der Waals surface area contributed by atoms with Gasteiger partial charge in [0.2, 0.25) is 0 Å². The van der Waals surface area contributed by atoms with Crippen molar-refractivity contribution in [1.82, 2.24) is 9.97 Å². The molecule has 4 nitrogen and oxygen atoms in total. The van der Waals surface area contributed by atoms with Crippen molar-refractivity contribution in [3.05, 3.63) is 12.3 Å². The van der Waals surface area contributed by atoms with Gasteiger partial charge >= 0.3 is 0 Å². The summed E-state index contributed by atoms with van der Waals surface area (Å²) < 4.78 is 0. The van der Waals surface area contributed by atoms with Crippen LogP contribution in [0.2, 0.25) is 0 Å². The van der Waals surface area contributed by atoms with E-state index in [1.165, 1.54) is 0 Å². The third kappa shape index (κ3) is 2.65. The van der Waals surface area contributed by atoms with Crippen molar-refractivity contribution in [2.24, 2.45) is 5.92 Å². The van der Waals surface area contributed by atoms with Crippen LogP contribution in [0.1, 0.15) is 12.8 Å². The third-order valence-electron chi connectivity index (χ3n) is 2.90. The van der Waals surface area contributed by atoms with Crippen LogP contribution in [0.15, 0.2) is 17.4 Å². The van der Waals surface area contributed by atoms with Crippen LogP contribution in [-0.4, -0.2) is 41.0 Å². The topological polar surface area (TPSA) is 49.2 Å². The molecule has 1 saturated heterocycles. The van der Waals surface area contributed by atoms with Crippen LogP contribution in [0, 0.1) is 5.92 Å². The molecule has 0 spiro atoms. The molecule has 88 valence electrons. The van der Waals surface area contributed by atoms with E-state index in [-0.39, 0.29) is 6.61 Å². The van der Waals surface area contributed by atoms with Crippen LogP contribution in [0.5, 0.6) is 0 Å². The number of hydrogen-bond donors (Lipinski definition) is 1. The normalized spacial score (nSPS) is 21.1. The average Bonchev–Trinajstić information content (AvgIpc) is 2.39. The second-order valence-corrected chi connectivity index (χ2v) is 4.81. The summed E-state index contributed by atoms with van der Waals surface area (Å²) in [4.78, 5) is 10.9. The van der Waals surface area contributed by atoms with E-state index in [1.807, 2.05) is 12.3 Å². The average molecular weight is 239 g/mol. The number of thioether (sulfide) groups is 1. The van der Waals surface area contributed by atoms with Gasteiger partial charge in [0.25, 0.3) is 0 Å². The molecule has 2 rings (SSSR count). The molecule has 1 atom stereocenters. The molecular weight excluding hydrogens is 222 g/mol. The molecule has 1 aromatic rings. The highest BCUT2D eigenvalue weighted by Gasteiger charge is 2.20. The van der Waals surface area contributed by atoms with Crippen molar-refractivity contribution in [3.8, 4) is 0 Å². The van der Waals surface area contributed by atoms with Crippen molar-refractivity contribution in [2.45, 2.75) is 18.0 Å². The summed E-state index contributed by atoms with van der Waals surface area (Å²) in [6.45, 7) is 2.21. The lowest BCUT2D eigenvalue weighted by atomic mass is 9.99. The van der Waals surface area contributed by atoms with Gasteiger partial charge in [0.1, 0.15) is 5.82 Å². The Morgan fingerprint density at radius 1 is 1.62 bits per heavy atom. The molecule has 5 heteroatoms. The number of hydrogen-bond acceptors (Lipinski definition) is 5. The number of aliphatic hydroxyl groups excluding tert-OH is 1. The van der Waals surface area contributed by atoms with E-state index in [2.05, 4.69) is 14.9 Å². The van der Waals surface area contributed by atoms with E-state index < -0.39 is 0 Å². The molecule has 16 heavy (non-hydrogen) atoms. The van der Waals surface area contributed by atoms with Gasteiger partial charge in [-0.1, -0.05) is 11.8 Å². The van der Waals surface area contributed by atoms with Crippen molar-refractivity contribution < 1.29 is 5.11 Å². The summed E-state index contributed by atoms with van der Waals surface area (Å²) >= 11 is 1.56. The minimum Gasteiger partial charge on any atom is -0.396 e. The fourth-order valence-corrected chi connectivity index (χ4v) is 2.38. The van der Waals surface area contributed by atoms with Crippen molar-refractivity contribution in [3.63, 3.8) is 0 Å². The number of rotatable bonds is 3. The number of nitrogens with zero attached hydrogens (tertiary/aromatic N) is 3. The molecule has 0 radical (unpaired) electrons. The lowest BCUT2D eigenvalue weighted by Crippen LogP contribution is -2.37. The molecule has 0 amide bonds. The predicted octanol–water partition coefficient (Wildman–Crippen LogP) is 1.41. The second kappa shape index (κ2) is 5.50. The molecule has 1 aliphatic heterocycles. The Morgan fingerprint density at radius 3 is 3.25 bits per heavy atom. The molecule has 0 aliphatic carbocycles. The van der Waals surface area contributed by atoms with Gasteiger partial charge < -0.3 is 10.0 Å².